The fourth-order valence-corrected chi connectivity index (χ4v) is 7.37. The van der Waals surface area contributed by atoms with Crippen molar-refractivity contribution in [3.8, 4) is 11.1 Å². The van der Waals surface area contributed by atoms with Gasteiger partial charge >= 0.3 is 6.18 Å². The molecule has 0 aliphatic carbocycles. The van der Waals surface area contributed by atoms with Crippen LogP contribution in [0.25, 0.3) is 11.1 Å². The number of alkyl halides is 4. The molecule has 2 aromatic carbocycles. The number of amides is 1. The first kappa shape index (κ1) is 37.1. The highest BCUT2D eigenvalue weighted by Gasteiger charge is 2.44. The second-order valence-corrected chi connectivity index (χ2v) is 16.1. The number of Topliss-reactive ketones (excluding diaryl/α,β-unsaturated/α-hetero) is 1. The zero-order valence-electron chi connectivity index (χ0n) is 26.4. The first-order valence-electron chi connectivity index (χ1n) is 14.9. The van der Waals surface area contributed by atoms with E-state index < -0.39 is 74.5 Å². The number of pyridine rings is 1. The molecule has 260 valence electrons. The Morgan fingerprint density at radius 3 is 2.25 bits per heavy atom. The summed E-state index contributed by atoms with van der Waals surface area (Å²) in [4.78, 5) is 30.4. The van der Waals surface area contributed by atoms with Gasteiger partial charge in [-0.2, -0.15) is 17.5 Å². The van der Waals surface area contributed by atoms with Crippen molar-refractivity contribution in [1.29, 1.82) is 0 Å². The van der Waals surface area contributed by atoms with E-state index in [0.717, 1.165) is 24.4 Å². The van der Waals surface area contributed by atoms with Gasteiger partial charge in [-0.3, -0.25) is 14.9 Å². The molecule has 1 aliphatic heterocycles. The Labute approximate surface area is 276 Å². The number of hydrogen-bond donors (Lipinski definition) is 2. The summed E-state index contributed by atoms with van der Waals surface area (Å²) in [5.41, 5.74) is -1.49. The third-order valence-electron chi connectivity index (χ3n) is 7.72. The normalized spacial score (nSPS) is 18.1. The van der Waals surface area contributed by atoms with Crippen molar-refractivity contribution in [3.05, 3.63) is 78.5 Å². The number of nitrogens with one attached hydrogen (secondary N) is 2. The Bertz CT molecular complexity index is 1830. The summed E-state index contributed by atoms with van der Waals surface area (Å²) < 4.78 is 109. The second kappa shape index (κ2) is 14.4. The Morgan fingerprint density at radius 2 is 1.67 bits per heavy atom. The van der Waals surface area contributed by atoms with Crippen molar-refractivity contribution in [2.45, 2.75) is 73.0 Å². The number of halogens is 4. The average molecular weight is 713 g/mol. The van der Waals surface area contributed by atoms with Gasteiger partial charge in [-0.1, -0.05) is 42.5 Å². The molecule has 16 heteroatoms. The number of aromatic nitrogens is 1. The minimum atomic E-state index is -4.94. The Balaban J connectivity index is 1.55. The van der Waals surface area contributed by atoms with Crippen LogP contribution in [0.2, 0.25) is 0 Å². The first-order valence-corrected chi connectivity index (χ1v) is 18.3. The minimum Gasteiger partial charge on any atom is -0.345 e. The van der Waals surface area contributed by atoms with Crippen LogP contribution in [0.4, 0.5) is 17.6 Å². The van der Waals surface area contributed by atoms with E-state index in [1.807, 2.05) is 0 Å². The Kier molecular flexibility index (Phi) is 11.1. The molecular formula is C32H36F4N4O6S2. The first-order chi connectivity index (χ1) is 22.3. The van der Waals surface area contributed by atoms with Gasteiger partial charge in [-0.05, 0) is 67.6 Å². The standard InChI is InChI=1S/C32H36F4N4O6S2/c1-31(2,33)19-26(30(42)39-25-10-7-17-40(20-27(25)41)48(45,46)28-11-4-5-16-37-28)38-29(32(34,35)36)22-14-12-21(13-15-22)23-8-6-9-24(18-23)47(3,43)44/h4-6,8-9,11-16,18,25-26,29,38H,7,10,17,19-20H2,1-3H3,(H,39,42)/t25?,26-,29-/m0/s1. The molecule has 0 spiro atoms. The summed E-state index contributed by atoms with van der Waals surface area (Å²) in [6, 6.07) is 9.91. The van der Waals surface area contributed by atoms with Crippen LogP contribution in [0.3, 0.4) is 0 Å². The summed E-state index contributed by atoms with van der Waals surface area (Å²) in [7, 11) is -7.66. The van der Waals surface area contributed by atoms with E-state index in [-0.39, 0.29) is 34.9 Å². The number of nitrogens with zero attached hydrogens (tertiary/aromatic N) is 2. The van der Waals surface area contributed by atoms with Crippen molar-refractivity contribution >= 4 is 31.6 Å². The minimum absolute atomic E-state index is 0.00917. The monoisotopic (exact) mass is 712 g/mol. The number of ketones is 1. The molecule has 10 nitrogen and oxygen atoms in total. The van der Waals surface area contributed by atoms with Gasteiger partial charge < -0.3 is 5.32 Å². The van der Waals surface area contributed by atoms with Crippen molar-refractivity contribution in [3.63, 3.8) is 0 Å². The molecule has 0 radical (unpaired) electrons. The molecule has 0 bridgehead atoms. The maximum absolute atomic E-state index is 14.9. The van der Waals surface area contributed by atoms with E-state index in [1.165, 1.54) is 66.9 Å². The highest BCUT2D eigenvalue weighted by atomic mass is 32.2. The van der Waals surface area contributed by atoms with Crippen molar-refractivity contribution in [2.24, 2.45) is 0 Å². The predicted molar refractivity (Wildman–Crippen MR) is 170 cm³/mol. The van der Waals surface area contributed by atoms with Crippen LogP contribution in [0.15, 0.2) is 82.8 Å². The summed E-state index contributed by atoms with van der Waals surface area (Å²) in [5, 5.41) is 4.41. The molecular weight excluding hydrogens is 676 g/mol. The maximum Gasteiger partial charge on any atom is 0.407 e. The fourth-order valence-electron chi connectivity index (χ4n) is 5.33. The summed E-state index contributed by atoms with van der Waals surface area (Å²) in [6.07, 6.45) is -3.13. The van der Waals surface area contributed by atoms with Crippen molar-refractivity contribution < 1.29 is 44.0 Å². The molecule has 4 rings (SSSR count). The highest BCUT2D eigenvalue weighted by molar-refractivity contribution is 7.90. The SMILES string of the molecule is CC(C)(F)C[C@H](N[C@@H](c1ccc(-c2cccc(S(C)(=O)=O)c2)cc1)C(F)(F)F)C(=O)NC1CCCN(S(=O)(=O)c2ccccn2)CC1=O. The van der Waals surface area contributed by atoms with Crippen LogP contribution in [0.1, 0.15) is 44.7 Å². The van der Waals surface area contributed by atoms with Gasteiger partial charge in [0, 0.05) is 25.4 Å². The van der Waals surface area contributed by atoms with E-state index in [4.69, 9.17) is 0 Å². The number of sulfone groups is 1. The largest absolute Gasteiger partial charge is 0.407 e. The van der Waals surface area contributed by atoms with E-state index >= 15 is 0 Å². The molecule has 2 N–H and O–H groups in total. The molecule has 1 aromatic heterocycles. The lowest BCUT2D eigenvalue weighted by Gasteiger charge is -2.31. The smallest absolute Gasteiger partial charge is 0.345 e. The second-order valence-electron chi connectivity index (χ2n) is 12.2. The molecule has 3 atom stereocenters. The molecule has 48 heavy (non-hydrogen) atoms. The van der Waals surface area contributed by atoms with E-state index in [9.17, 15) is 44.0 Å². The van der Waals surface area contributed by atoms with Gasteiger partial charge in [0.15, 0.2) is 20.6 Å². The highest BCUT2D eigenvalue weighted by Crippen LogP contribution is 2.35. The lowest BCUT2D eigenvalue weighted by atomic mass is 9.96. The molecule has 1 saturated heterocycles. The topological polar surface area (TPSA) is 143 Å². The lowest BCUT2D eigenvalue weighted by Crippen LogP contribution is -2.54. The molecule has 1 amide bonds. The van der Waals surface area contributed by atoms with Crippen LogP contribution >= 0.6 is 0 Å². The number of hydrogen-bond acceptors (Lipinski definition) is 8. The number of rotatable bonds is 11. The van der Waals surface area contributed by atoms with Gasteiger partial charge in [0.25, 0.3) is 10.0 Å². The summed E-state index contributed by atoms with van der Waals surface area (Å²) in [5.74, 6) is -1.73. The van der Waals surface area contributed by atoms with Crippen LogP contribution in [-0.4, -0.2) is 81.1 Å². The average Bonchev–Trinajstić information content (AvgIpc) is 3.19. The molecule has 0 saturated carbocycles. The zero-order valence-corrected chi connectivity index (χ0v) is 28.0. The van der Waals surface area contributed by atoms with Crippen molar-refractivity contribution in [1.82, 2.24) is 19.9 Å². The third kappa shape index (κ3) is 9.45. The Morgan fingerprint density at radius 1 is 0.979 bits per heavy atom. The molecule has 1 unspecified atom stereocenters. The van der Waals surface area contributed by atoms with E-state index in [0.29, 0.717) is 11.1 Å². The molecule has 1 aliphatic rings. The van der Waals surface area contributed by atoms with E-state index in [1.54, 1.807) is 6.07 Å². The Hall–Kier alpha value is -3.73. The van der Waals surface area contributed by atoms with Gasteiger partial charge in [-0.15, -0.1) is 0 Å². The summed E-state index contributed by atoms with van der Waals surface area (Å²) in [6.45, 7) is 1.56. The molecule has 3 aromatic rings. The molecule has 1 fully saturated rings. The number of carbonyl (C=O) groups excluding carboxylic acids is 2. The van der Waals surface area contributed by atoms with Crippen molar-refractivity contribution in [2.75, 3.05) is 19.3 Å². The molecule has 2 heterocycles. The number of sulfonamides is 1. The third-order valence-corrected chi connectivity index (χ3v) is 10.6. The fraction of sp³-hybridized carbons (Fsp3) is 0.406. The van der Waals surface area contributed by atoms with Gasteiger partial charge in [0.2, 0.25) is 5.91 Å². The van der Waals surface area contributed by atoms with Gasteiger partial charge in [0.05, 0.1) is 23.5 Å². The van der Waals surface area contributed by atoms with Gasteiger partial charge in [0.1, 0.15) is 11.7 Å². The zero-order chi connectivity index (χ0) is 35.5. The van der Waals surface area contributed by atoms with Crippen LogP contribution in [-0.2, 0) is 29.4 Å². The summed E-state index contributed by atoms with van der Waals surface area (Å²) >= 11 is 0. The quantitative estimate of drug-likeness (QED) is 0.279. The van der Waals surface area contributed by atoms with Crippen LogP contribution in [0.5, 0.6) is 0 Å². The predicted octanol–water partition coefficient (Wildman–Crippen LogP) is 4.39. The van der Waals surface area contributed by atoms with E-state index in [2.05, 4.69) is 15.6 Å². The lowest BCUT2D eigenvalue weighted by molar-refractivity contribution is -0.161. The number of carbonyl (C=O) groups is 2. The number of benzene rings is 2. The van der Waals surface area contributed by atoms with Crippen LogP contribution < -0.4 is 10.6 Å². The van der Waals surface area contributed by atoms with Crippen LogP contribution in [0, 0.1) is 0 Å². The van der Waals surface area contributed by atoms with Gasteiger partial charge in [-0.25, -0.2) is 26.2 Å². The maximum atomic E-state index is 14.9.